The number of hydrogen-bond donors (Lipinski definition) is 1. The second-order valence-electron chi connectivity index (χ2n) is 4.38. The lowest BCUT2D eigenvalue weighted by atomic mass is 9.98. The first-order chi connectivity index (χ1) is 8.71. The molecule has 0 aliphatic rings. The van der Waals surface area contributed by atoms with E-state index in [-0.39, 0.29) is 11.8 Å². The smallest absolute Gasteiger partial charge is 0.227 e. The summed E-state index contributed by atoms with van der Waals surface area (Å²) in [7, 11) is 1.59. The van der Waals surface area contributed by atoms with Gasteiger partial charge in [-0.3, -0.25) is 4.79 Å². The predicted molar refractivity (Wildman–Crippen MR) is 73.8 cm³/mol. The maximum atomic E-state index is 12.1. The molecular formula is C15H22NO2. The van der Waals surface area contributed by atoms with Gasteiger partial charge in [0, 0.05) is 23.7 Å². The molecule has 1 radical (unpaired) electrons. The molecule has 1 atom stereocenters. The Kier molecular flexibility index (Phi) is 6.26. The van der Waals surface area contributed by atoms with Crippen LogP contribution in [-0.2, 0) is 4.79 Å². The third-order valence-electron chi connectivity index (χ3n) is 3.03. The van der Waals surface area contributed by atoms with Crippen LogP contribution in [0.5, 0.6) is 5.75 Å². The number of hydrogen-bond acceptors (Lipinski definition) is 2. The lowest BCUT2D eigenvalue weighted by Crippen LogP contribution is -2.22. The molecular weight excluding hydrogens is 226 g/mol. The first-order valence-electron chi connectivity index (χ1n) is 6.57. The second-order valence-corrected chi connectivity index (χ2v) is 4.38. The second kappa shape index (κ2) is 7.75. The molecule has 0 aromatic heterocycles. The lowest BCUT2D eigenvalue weighted by Gasteiger charge is -2.14. The zero-order valence-electron chi connectivity index (χ0n) is 11.5. The highest BCUT2D eigenvalue weighted by molar-refractivity contribution is 5.92. The van der Waals surface area contributed by atoms with Crippen molar-refractivity contribution in [3.8, 4) is 5.75 Å². The summed E-state index contributed by atoms with van der Waals surface area (Å²) in [5, 5.41) is 2.94. The van der Waals surface area contributed by atoms with Crippen LogP contribution in [0.15, 0.2) is 18.2 Å². The molecule has 1 aromatic carbocycles. The van der Waals surface area contributed by atoms with Gasteiger partial charge < -0.3 is 10.1 Å². The van der Waals surface area contributed by atoms with E-state index >= 15 is 0 Å². The van der Waals surface area contributed by atoms with Crippen molar-refractivity contribution in [2.45, 2.75) is 39.5 Å². The van der Waals surface area contributed by atoms with E-state index in [1.165, 1.54) is 0 Å². The molecule has 0 fully saturated rings. The molecule has 0 bridgehead atoms. The monoisotopic (exact) mass is 248 g/mol. The minimum absolute atomic E-state index is 0.0965. The van der Waals surface area contributed by atoms with Crippen LogP contribution < -0.4 is 10.1 Å². The van der Waals surface area contributed by atoms with Crippen LogP contribution in [0, 0.1) is 12.0 Å². The van der Waals surface area contributed by atoms with Crippen molar-refractivity contribution in [2.24, 2.45) is 5.92 Å². The average molecular weight is 248 g/mol. The van der Waals surface area contributed by atoms with E-state index in [1.807, 2.05) is 6.07 Å². The number of rotatable bonds is 7. The number of amides is 1. The van der Waals surface area contributed by atoms with Gasteiger partial charge in [-0.1, -0.05) is 26.7 Å². The predicted octanol–water partition coefficient (Wildman–Crippen LogP) is 3.65. The molecule has 3 heteroatoms. The van der Waals surface area contributed by atoms with Gasteiger partial charge in [-0.15, -0.1) is 0 Å². The number of nitrogens with one attached hydrogen (secondary N) is 1. The minimum Gasteiger partial charge on any atom is -0.496 e. The molecule has 0 heterocycles. The lowest BCUT2D eigenvalue weighted by molar-refractivity contribution is -0.120. The van der Waals surface area contributed by atoms with Gasteiger partial charge in [-0.2, -0.15) is 0 Å². The van der Waals surface area contributed by atoms with Gasteiger partial charge in [0.1, 0.15) is 5.75 Å². The summed E-state index contributed by atoms with van der Waals surface area (Å²) in [4.78, 5) is 12.1. The maximum Gasteiger partial charge on any atom is 0.227 e. The van der Waals surface area contributed by atoms with E-state index in [1.54, 1.807) is 19.2 Å². The SMILES string of the molecule is CCCCC(CC)C(=O)Nc1cc[c]c(OC)c1. The number of carbonyl (C=O) groups excluding carboxylic acids is 1. The van der Waals surface area contributed by atoms with Crippen molar-refractivity contribution in [3.05, 3.63) is 24.3 Å². The fraction of sp³-hybridized carbons (Fsp3) is 0.533. The summed E-state index contributed by atoms with van der Waals surface area (Å²) in [6.07, 6.45) is 4.05. The van der Waals surface area contributed by atoms with Gasteiger partial charge in [0.2, 0.25) is 5.91 Å². The number of ether oxygens (including phenoxy) is 1. The maximum absolute atomic E-state index is 12.1. The zero-order chi connectivity index (χ0) is 13.4. The number of unbranched alkanes of at least 4 members (excludes halogenated alkanes) is 1. The van der Waals surface area contributed by atoms with Crippen molar-refractivity contribution >= 4 is 11.6 Å². The van der Waals surface area contributed by atoms with Gasteiger partial charge in [0.15, 0.2) is 0 Å². The van der Waals surface area contributed by atoms with Crippen molar-refractivity contribution in [1.29, 1.82) is 0 Å². The molecule has 0 saturated heterocycles. The number of anilines is 1. The molecule has 0 spiro atoms. The van der Waals surface area contributed by atoms with Gasteiger partial charge in [0.05, 0.1) is 7.11 Å². The highest BCUT2D eigenvalue weighted by Crippen LogP contribution is 2.19. The van der Waals surface area contributed by atoms with Crippen molar-refractivity contribution in [1.82, 2.24) is 0 Å². The number of benzene rings is 1. The van der Waals surface area contributed by atoms with Crippen molar-refractivity contribution < 1.29 is 9.53 Å². The number of carbonyl (C=O) groups is 1. The molecule has 0 aliphatic carbocycles. The summed E-state index contributed by atoms with van der Waals surface area (Å²) in [5.41, 5.74) is 0.769. The summed E-state index contributed by atoms with van der Waals surface area (Å²) in [6, 6.07) is 8.30. The van der Waals surface area contributed by atoms with E-state index in [0.29, 0.717) is 5.75 Å². The highest BCUT2D eigenvalue weighted by Gasteiger charge is 2.15. The Bertz CT molecular complexity index is 377. The fourth-order valence-corrected chi connectivity index (χ4v) is 1.86. The molecule has 1 amide bonds. The molecule has 99 valence electrons. The Hall–Kier alpha value is -1.51. The molecule has 3 nitrogen and oxygen atoms in total. The first kappa shape index (κ1) is 14.6. The third-order valence-corrected chi connectivity index (χ3v) is 3.03. The van der Waals surface area contributed by atoms with Crippen LogP contribution in [0.25, 0.3) is 0 Å². The molecule has 1 unspecified atom stereocenters. The average Bonchev–Trinajstić information content (AvgIpc) is 2.40. The first-order valence-corrected chi connectivity index (χ1v) is 6.57. The van der Waals surface area contributed by atoms with E-state index in [0.717, 1.165) is 31.4 Å². The van der Waals surface area contributed by atoms with Crippen LogP contribution in [0.2, 0.25) is 0 Å². The minimum atomic E-state index is 0.0965. The molecule has 0 saturated carbocycles. The largest absolute Gasteiger partial charge is 0.496 e. The standard InChI is InChI=1S/C15H22NO2/c1-4-6-8-12(5-2)15(17)16-13-9-7-10-14(11-13)18-3/h7,9,11-12H,4-6,8H2,1-3H3,(H,16,17). The van der Waals surface area contributed by atoms with Gasteiger partial charge in [-0.05, 0) is 25.0 Å². The fourth-order valence-electron chi connectivity index (χ4n) is 1.86. The summed E-state index contributed by atoms with van der Waals surface area (Å²) >= 11 is 0. The molecule has 1 aromatic rings. The zero-order valence-corrected chi connectivity index (χ0v) is 11.5. The van der Waals surface area contributed by atoms with E-state index in [4.69, 9.17) is 4.74 Å². The Morgan fingerprint density at radius 2 is 2.28 bits per heavy atom. The van der Waals surface area contributed by atoms with Crippen LogP contribution >= 0.6 is 0 Å². The Labute approximate surface area is 110 Å². The Morgan fingerprint density at radius 3 is 2.89 bits per heavy atom. The summed E-state index contributed by atoms with van der Waals surface area (Å²) in [6.45, 7) is 4.20. The quantitative estimate of drug-likeness (QED) is 0.800. The van der Waals surface area contributed by atoms with Crippen LogP contribution in [-0.4, -0.2) is 13.0 Å². The van der Waals surface area contributed by atoms with Gasteiger partial charge >= 0.3 is 0 Å². The molecule has 1 rings (SSSR count). The summed E-state index contributed by atoms with van der Waals surface area (Å²) in [5.74, 6) is 0.828. The van der Waals surface area contributed by atoms with Crippen LogP contribution in [0.3, 0.4) is 0 Å². The molecule has 1 N–H and O–H groups in total. The molecule has 18 heavy (non-hydrogen) atoms. The van der Waals surface area contributed by atoms with Gasteiger partial charge in [-0.25, -0.2) is 0 Å². The highest BCUT2D eigenvalue weighted by atomic mass is 16.5. The third kappa shape index (κ3) is 4.40. The number of methoxy groups -OCH3 is 1. The Morgan fingerprint density at radius 1 is 1.50 bits per heavy atom. The molecule has 0 aliphatic heterocycles. The van der Waals surface area contributed by atoms with Crippen LogP contribution in [0.1, 0.15) is 39.5 Å². The van der Waals surface area contributed by atoms with E-state index in [2.05, 4.69) is 25.2 Å². The van der Waals surface area contributed by atoms with Crippen molar-refractivity contribution in [3.63, 3.8) is 0 Å². The normalized spacial score (nSPS) is 11.9. The Balaban J connectivity index is 2.61. The van der Waals surface area contributed by atoms with E-state index < -0.39 is 0 Å². The topological polar surface area (TPSA) is 38.3 Å². The van der Waals surface area contributed by atoms with Gasteiger partial charge in [0.25, 0.3) is 0 Å². The van der Waals surface area contributed by atoms with Crippen LogP contribution in [0.4, 0.5) is 5.69 Å². The summed E-state index contributed by atoms with van der Waals surface area (Å²) < 4.78 is 5.08. The van der Waals surface area contributed by atoms with E-state index in [9.17, 15) is 4.79 Å². The van der Waals surface area contributed by atoms with Crippen molar-refractivity contribution in [2.75, 3.05) is 12.4 Å².